The molecule has 1 N–H and O–H groups in total. The summed E-state index contributed by atoms with van der Waals surface area (Å²) in [5, 5.41) is 10.8. The molecule has 0 saturated heterocycles. The van der Waals surface area contributed by atoms with Gasteiger partial charge in [0.05, 0.1) is 0 Å². The lowest BCUT2D eigenvalue weighted by molar-refractivity contribution is 0.206. The molecule has 0 fully saturated rings. The molecule has 1 aliphatic heterocycles. The molecule has 3 rings (SSSR count). The van der Waals surface area contributed by atoms with E-state index in [-0.39, 0.29) is 6.03 Å². The van der Waals surface area contributed by atoms with Gasteiger partial charge in [0.1, 0.15) is 5.51 Å². The van der Waals surface area contributed by atoms with Crippen LogP contribution in [-0.4, -0.2) is 27.7 Å². The number of amides is 2. The number of anilines is 1. The summed E-state index contributed by atoms with van der Waals surface area (Å²) in [5.41, 5.74) is 4.15. The highest BCUT2D eigenvalue weighted by Crippen LogP contribution is 2.19. The Morgan fingerprint density at radius 2 is 2.17 bits per heavy atom. The molecule has 1 aliphatic rings. The minimum absolute atomic E-state index is 0.110. The predicted octanol–water partition coefficient (Wildman–Crippen LogP) is 2.13. The highest BCUT2D eigenvalue weighted by atomic mass is 32.1. The monoisotopic (exact) mass is 260 g/mol. The number of nitrogens with zero attached hydrogens (tertiary/aromatic N) is 3. The summed E-state index contributed by atoms with van der Waals surface area (Å²) in [6.45, 7) is 1.39. The SMILES string of the molecule is O=C(Nc1nncs1)N1CCc2ccccc2C1. The number of benzene rings is 1. The first-order valence-corrected chi connectivity index (χ1v) is 6.60. The van der Waals surface area contributed by atoms with Crippen molar-refractivity contribution >= 4 is 22.5 Å². The van der Waals surface area contributed by atoms with E-state index in [0.717, 1.165) is 13.0 Å². The second-order valence-electron chi connectivity index (χ2n) is 4.11. The fraction of sp³-hybridized carbons (Fsp3) is 0.250. The van der Waals surface area contributed by atoms with Crippen molar-refractivity contribution in [2.75, 3.05) is 11.9 Å². The molecule has 18 heavy (non-hydrogen) atoms. The Hall–Kier alpha value is -1.95. The van der Waals surface area contributed by atoms with Gasteiger partial charge in [0.15, 0.2) is 0 Å². The molecule has 0 bridgehead atoms. The number of urea groups is 1. The molecular formula is C12H12N4OS. The first kappa shape index (κ1) is 11.2. The maximum absolute atomic E-state index is 12.0. The average molecular weight is 260 g/mol. The number of fused-ring (bicyclic) bond motifs is 1. The number of rotatable bonds is 1. The summed E-state index contributed by atoms with van der Waals surface area (Å²) in [5.74, 6) is 0. The predicted molar refractivity (Wildman–Crippen MR) is 69.5 cm³/mol. The molecule has 92 valence electrons. The third-order valence-corrected chi connectivity index (χ3v) is 3.60. The molecule has 0 aliphatic carbocycles. The van der Waals surface area contributed by atoms with Crippen molar-refractivity contribution in [3.63, 3.8) is 0 Å². The Kier molecular flexibility index (Phi) is 2.93. The zero-order chi connectivity index (χ0) is 12.4. The Balaban J connectivity index is 1.70. The van der Waals surface area contributed by atoms with Gasteiger partial charge in [-0.05, 0) is 17.5 Å². The van der Waals surface area contributed by atoms with Gasteiger partial charge in [-0.1, -0.05) is 35.6 Å². The van der Waals surface area contributed by atoms with Crippen molar-refractivity contribution in [2.45, 2.75) is 13.0 Å². The van der Waals surface area contributed by atoms with E-state index < -0.39 is 0 Å². The van der Waals surface area contributed by atoms with Crippen LogP contribution in [-0.2, 0) is 13.0 Å². The first-order chi connectivity index (χ1) is 8.83. The van der Waals surface area contributed by atoms with Crippen molar-refractivity contribution in [2.24, 2.45) is 0 Å². The number of aromatic nitrogens is 2. The maximum Gasteiger partial charge on any atom is 0.324 e. The van der Waals surface area contributed by atoms with E-state index in [0.29, 0.717) is 11.7 Å². The molecule has 6 heteroatoms. The van der Waals surface area contributed by atoms with Crippen LogP contribution in [0.4, 0.5) is 9.93 Å². The van der Waals surface area contributed by atoms with E-state index in [2.05, 4.69) is 27.6 Å². The van der Waals surface area contributed by atoms with Gasteiger partial charge >= 0.3 is 6.03 Å². The number of carbonyl (C=O) groups is 1. The third-order valence-electron chi connectivity index (χ3n) is 2.99. The average Bonchev–Trinajstić information content (AvgIpc) is 2.91. The smallest absolute Gasteiger partial charge is 0.320 e. The molecule has 0 saturated carbocycles. The standard InChI is InChI=1S/C12H12N4OS/c17-12(14-11-15-13-8-18-11)16-6-5-9-3-1-2-4-10(9)7-16/h1-4,8H,5-7H2,(H,14,15,17). The van der Waals surface area contributed by atoms with Gasteiger partial charge in [-0.15, -0.1) is 10.2 Å². The second kappa shape index (κ2) is 4.73. The molecule has 1 aromatic heterocycles. The van der Waals surface area contributed by atoms with E-state index in [4.69, 9.17) is 0 Å². The Bertz CT molecular complexity index is 555. The van der Waals surface area contributed by atoms with Crippen molar-refractivity contribution < 1.29 is 4.79 Å². The Labute approximate surface area is 108 Å². The van der Waals surface area contributed by atoms with E-state index in [9.17, 15) is 4.79 Å². The number of hydrogen-bond acceptors (Lipinski definition) is 4. The molecule has 2 aromatic rings. The van der Waals surface area contributed by atoms with E-state index in [1.807, 2.05) is 12.1 Å². The lowest BCUT2D eigenvalue weighted by Gasteiger charge is -2.28. The molecule has 0 unspecified atom stereocenters. The van der Waals surface area contributed by atoms with Gasteiger partial charge < -0.3 is 4.90 Å². The van der Waals surface area contributed by atoms with E-state index in [1.54, 1.807) is 10.4 Å². The van der Waals surface area contributed by atoms with Crippen LogP contribution in [0.3, 0.4) is 0 Å². The van der Waals surface area contributed by atoms with Crippen LogP contribution in [0, 0.1) is 0 Å². The molecule has 5 nitrogen and oxygen atoms in total. The van der Waals surface area contributed by atoms with Gasteiger partial charge in [0, 0.05) is 13.1 Å². The van der Waals surface area contributed by atoms with Crippen LogP contribution < -0.4 is 5.32 Å². The first-order valence-electron chi connectivity index (χ1n) is 5.72. The summed E-state index contributed by atoms with van der Waals surface area (Å²) in [7, 11) is 0. The Morgan fingerprint density at radius 3 is 2.94 bits per heavy atom. The lowest BCUT2D eigenvalue weighted by Crippen LogP contribution is -2.38. The van der Waals surface area contributed by atoms with Crippen LogP contribution in [0.15, 0.2) is 29.8 Å². The quantitative estimate of drug-likeness (QED) is 0.854. The molecule has 2 heterocycles. The highest BCUT2D eigenvalue weighted by Gasteiger charge is 2.20. The molecule has 1 aromatic carbocycles. The van der Waals surface area contributed by atoms with Crippen LogP contribution in [0.2, 0.25) is 0 Å². The van der Waals surface area contributed by atoms with E-state index in [1.165, 1.54) is 22.5 Å². The maximum atomic E-state index is 12.0. The minimum atomic E-state index is -0.110. The molecule has 0 spiro atoms. The zero-order valence-electron chi connectivity index (χ0n) is 9.67. The van der Waals surface area contributed by atoms with Gasteiger partial charge in [0.2, 0.25) is 5.13 Å². The van der Waals surface area contributed by atoms with E-state index >= 15 is 0 Å². The number of nitrogens with one attached hydrogen (secondary N) is 1. The largest absolute Gasteiger partial charge is 0.324 e. The summed E-state index contributed by atoms with van der Waals surface area (Å²) >= 11 is 1.32. The summed E-state index contributed by atoms with van der Waals surface area (Å²) in [6, 6.07) is 8.12. The third kappa shape index (κ3) is 2.19. The number of carbonyl (C=O) groups excluding carboxylic acids is 1. The van der Waals surface area contributed by atoms with Gasteiger partial charge in [-0.25, -0.2) is 4.79 Å². The van der Waals surface area contributed by atoms with Gasteiger partial charge in [-0.3, -0.25) is 5.32 Å². The van der Waals surface area contributed by atoms with Crippen LogP contribution >= 0.6 is 11.3 Å². The topological polar surface area (TPSA) is 58.1 Å². The lowest BCUT2D eigenvalue weighted by atomic mass is 10.0. The van der Waals surface area contributed by atoms with Crippen molar-refractivity contribution in [1.82, 2.24) is 15.1 Å². The fourth-order valence-electron chi connectivity index (χ4n) is 2.07. The second-order valence-corrected chi connectivity index (χ2v) is 4.95. The fourth-order valence-corrected chi connectivity index (χ4v) is 2.50. The van der Waals surface area contributed by atoms with Crippen molar-refractivity contribution in [1.29, 1.82) is 0 Å². The van der Waals surface area contributed by atoms with Crippen molar-refractivity contribution in [3.05, 3.63) is 40.9 Å². The minimum Gasteiger partial charge on any atom is -0.320 e. The van der Waals surface area contributed by atoms with Crippen LogP contribution in [0.1, 0.15) is 11.1 Å². The van der Waals surface area contributed by atoms with Crippen molar-refractivity contribution in [3.8, 4) is 0 Å². The zero-order valence-corrected chi connectivity index (χ0v) is 10.5. The Morgan fingerprint density at radius 1 is 1.33 bits per heavy atom. The summed E-state index contributed by atoms with van der Waals surface area (Å²) < 4.78 is 0. The summed E-state index contributed by atoms with van der Waals surface area (Å²) in [6.07, 6.45) is 0.902. The summed E-state index contributed by atoms with van der Waals surface area (Å²) in [4.78, 5) is 13.8. The molecule has 0 atom stereocenters. The molecule has 0 radical (unpaired) electrons. The molecule has 2 amide bonds. The van der Waals surface area contributed by atoms with Crippen LogP contribution in [0.5, 0.6) is 0 Å². The normalized spacial score (nSPS) is 14.1. The van der Waals surface area contributed by atoms with Gasteiger partial charge in [0.25, 0.3) is 0 Å². The highest BCUT2D eigenvalue weighted by molar-refractivity contribution is 7.13. The van der Waals surface area contributed by atoms with Gasteiger partial charge in [-0.2, -0.15) is 0 Å². The van der Waals surface area contributed by atoms with Crippen LogP contribution in [0.25, 0.3) is 0 Å². The molecular weight excluding hydrogens is 248 g/mol. The number of hydrogen-bond donors (Lipinski definition) is 1.